The summed E-state index contributed by atoms with van der Waals surface area (Å²) < 4.78 is 35.7. The van der Waals surface area contributed by atoms with Crippen LogP contribution in [0.1, 0.15) is 0 Å². The second-order valence-electron chi connectivity index (χ2n) is 17.0. The van der Waals surface area contributed by atoms with Gasteiger partial charge in [-0.05, 0) is 89.6 Å². The molecule has 0 spiro atoms. The second kappa shape index (κ2) is 11.0. The summed E-state index contributed by atoms with van der Waals surface area (Å²) >= 11 is 0. The summed E-state index contributed by atoms with van der Waals surface area (Å²) in [6, 6.07) is 66.4. The van der Waals surface area contributed by atoms with Crippen molar-refractivity contribution < 1.29 is 9.13 Å². The minimum absolute atomic E-state index is 0.795. The van der Waals surface area contributed by atoms with Crippen molar-refractivity contribution in [3.8, 4) is 16.8 Å². The Labute approximate surface area is 349 Å². The van der Waals surface area contributed by atoms with E-state index >= 15 is 9.13 Å². The van der Waals surface area contributed by atoms with E-state index in [1.54, 1.807) is 0 Å². The number of hydrogen-bond acceptors (Lipinski definition) is 2. The van der Waals surface area contributed by atoms with E-state index in [2.05, 4.69) is 156 Å². The van der Waals surface area contributed by atoms with E-state index in [1.807, 2.05) is 36.4 Å². The van der Waals surface area contributed by atoms with Crippen LogP contribution >= 0.6 is 14.3 Å². The lowest BCUT2D eigenvalue weighted by molar-refractivity contribution is 0.593. The number of aromatic nitrogens is 1. The van der Waals surface area contributed by atoms with Crippen molar-refractivity contribution >= 4 is 133 Å². The third-order valence-corrected chi connectivity index (χ3v) is 20.5. The number of benzene rings is 12. The Kier molecular flexibility index (Phi) is 5.92. The molecule has 15 rings (SSSR count). The van der Waals surface area contributed by atoms with Gasteiger partial charge in [0.1, 0.15) is 0 Å². The smallest absolute Gasteiger partial charge is 0.172 e. The third-order valence-electron chi connectivity index (χ3n) is 14.2. The van der Waals surface area contributed by atoms with Gasteiger partial charge in [0.2, 0.25) is 0 Å². The molecule has 1 aromatic heterocycles. The minimum Gasteiger partial charge on any atom is -0.309 e. The van der Waals surface area contributed by atoms with Crippen LogP contribution in [-0.2, 0) is 9.13 Å². The molecule has 0 saturated carbocycles. The highest BCUT2D eigenvalue weighted by molar-refractivity contribution is 7.90. The Hall–Kier alpha value is -7.02. The average molecular weight is 812 g/mol. The normalized spacial score (nSPS) is 15.0. The molecular formula is C56H31NO2P2. The number of fused-ring (bicyclic) bond motifs is 3. The molecule has 61 heavy (non-hydrogen) atoms. The van der Waals surface area contributed by atoms with Crippen molar-refractivity contribution in [1.82, 2.24) is 4.57 Å². The maximum Gasteiger partial charge on any atom is 0.172 e. The summed E-state index contributed by atoms with van der Waals surface area (Å²) in [4.78, 5) is 0. The van der Waals surface area contributed by atoms with Crippen molar-refractivity contribution in [2.24, 2.45) is 0 Å². The van der Waals surface area contributed by atoms with Gasteiger partial charge < -0.3 is 13.7 Å². The van der Waals surface area contributed by atoms with Crippen molar-refractivity contribution in [1.29, 1.82) is 0 Å². The molecule has 0 aliphatic carbocycles. The molecule has 0 radical (unpaired) electrons. The molecule has 2 aliphatic rings. The third kappa shape index (κ3) is 3.74. The highest BCUT2D eigenvalue weighted by Crippen LogP contribution is 2.62. The highest BCUT2D eigenvalue weighted by atomic mass is 31.2. The molecule has 0 amide bonds. The average Bonchev–Trinajstić information content (AvgIpc) is 3.89. The fraction of sp³-hybridized carbons (Fsp3) is 0. The zero-order valence-electron chi connectivity index (χ0n) is 32.6. The maximum atomic E-state index is 16.8. The molecule has 2 aliphatic heterocycles. The van der Waals surface area contributed by atoms with Gasteiger partial charge in [0.25, 0.3) is 0 Å². The van der Waals surface area contributed by atoms with Crippen LogP contribution in [0, 0.1) is 0 Å². The molecule has 282 valence electrons. The van der Waals surface area contributed by atoms with E-state index in [0.29, 0.717) is 0 Å². The van der Waals surface area contributed by atoms with Gasteiger partial charge in [-0.2, -0.15) is 0 Å². The summed E-state index contributed by atoms with van der Waals surface area (Å²) in [7, 11) is -6.89. The van der Waals surface area contributed by atoms with Crippen LogP contribution in [0.2, 0.25) is 0 Å². The first-order valence-corrected chi connectivity index (χ1v) is 24.3. The zero-order chi connectivity index (χ0) is 39.9. The quantitative estimate of drug-likeness (QED) is 0.132. The second-order valence-corrected chi connectivity index (χ2v) is 22.3. The monoisotopic (exact) mass is 811 g/mol. The predicted molar refractivity (Wildman–Crippen MR) is 260 cm³/mol. The lowest BCUT2D eigenvalue weighted by Crippen LogP contribution is -2.28. The van der Waals surface area contributed by atoms with Crippen LogP contribution in [-0.4, -0.2) is 4.57 Å². The van der Waals surface area contributed by atoms with E-state index in [-0.39, 0.29) is 0 Å². The molecular weight excluding hydrogens is 781 g/mol. The van der Waals surface area contributed by atoms with Gasteiger partial charge in [0, 0.05) is 59.1 Å². The predicted octanol–water partition coefficient (Wildman–Crippen LogP) is 12.2. The molecule has 3 heterocycles. The Morgan fingerprint density at radius 2 is 0.689 bits per heavy atom. The van der Waals surface area contributed by atoms with Crippen molar-refractivity contribution in [3.63, 3.8) is 0 Å². The molecule has 0 bridgehead atoms. The van der Waals surface area contributed by atoms with Gasteiger partial charge in [0.05, 0.1) is 16.7 Å². The first-order valence-electron chi connectivity index (χ1n) is 20.9. The van der Waals surface area contributed by atoms with E-state index in [0.717, 1.165) is 97.1 Å². The fourth-order valence-corrected chi connectivity index (χ4v) is 18.6. The van der Waals surface area contributed by atoms with Gasteiger partial charge in [0.15, 0.2) is 14.3 Å². The van der Waals surface area contributed by atoms with Gasteiger partial charge in [-0.1, -0.05) is 158 Å². The maximum absolute atomic E-state index is 16.8. The topological polar surface area (TPSA) is 39.1 Å². The molecule has 0 N–H and O–H groups in total. The van der Waals surface area contributed by atoms with Crippen LogP contribution < -0.4 is 31.8 Å². The summed E-state index contributed by atoms with van der Waals surface area (Å²) in [5.41, 5.74) is 5.28. The standard InChI is InChI=1S/C56H31NO2P2/c58-60(49-30-35-13-5-10-32-24-25-33-11-6-16-40(49)52(33)51(32)35)45-20-8-22-47-55(45)56-46(60)21-9-23-48(56)61(47,59)50-31-36-27-29-44(39-28-26-34-12-7-17-41(50)53(34)54(36)39)57-42-18-3-1-14-37(42)38-15-2-4-19-43(38)57/h1-31H. The summed E-state index contributed by atoms with van der Waals surface area (Å²) in [6.07, 6.45) is 0. The van der Waals surface area contributed by atoms with E-state index in [9.17, 15) is 0 Å². The fourth-order valence-electron chi connectivity index (χ4n) is 11.8. The number of para-hydroxylation sites is 2. The van der Waals surface area contributed by atoms with Crippen LogP contribution in [0.25, 0.3) is 103 Å². The van der Waals surface area contributed by atoms with Crippen LogP contribution in [0.4, 0.5) is 0 Å². The lowest BCUT2D eigenvalue weighted by atomic mass is 9.93. The van der Waals surface area contributed by atoms with E-state index in [4.69, 9.17) is 0 Å². The van der Waals surface area contributed by atoms with E-state index < -0.39 is 14.3 Å². The van der Waals surface area contributed by atoms with Crippen molar-refractivity contribution in [2.75, 3.05) is 0 Å². The summed E-state index contributed by atoms with van der Waals surface area (Å²) in [6.45, 7) is 0. The Morgan fingerprint density at radius 1 is 0.295 bits per heavy atom. The highest BCUT2D eigenvalue weighted by Gasteiger charge is 2.52. The Morgan fingerprint density at radius 3 is 1.26 bits per heavy atom. The first-order chi connectivity index (χ1) is 30.0. The molecule has 0 atom stereocenters. The van der Waals surface area contributed by atoms with Crippen molar-refractivity contribution in [2.45, 2.75) is 0 Å². The van der Waals surface area contributed by atoms with Crippen LogP contribution in [0.3, 0.4) is 0 Å². The lowest BCUT2D eigenvalue weighted by Gasteiger charge is -2.25. The summed E-state index contributed by atoms with van der Waals surface area (Å²) in [5, 5.41) is 20.8. The number of rotatable bonds is 3. The molecule has 0 saturated heterocycles. The summed E-state index contributed by atoms with van der Waals surface area (Å²) in [5.74, 6) is 0. The first kappa shape index (κ1) is 32.8. The van der Waals surface area contributed by atoms with Gasteiger partial charge >= 0.3 is 0 Å². The van der Waals surface area contributed by atoms with Crippen LogP contribution in [0.15, 0.2) is 188 Å². The number of hydrogen-bond donors (Lipinski definition) is 0. The SMILES string of the molecule is O=P1(c2cc3cccc4ccc5cccc2c5c43)c2cccc3c2-c2c1cccc2P3(=O)c1cc2ccc(-n3c4ccccc4c4ccccc43)c3ccc4cccc1c4c23. The minimum atomic E-state index is -3.47. The molecule has 5 heteroatoms. The van der Waals surface area contributed by atoms with Gasteiger partial charge in [-0.3, -0.25) is 0 Å². The van der Waals surface area contributed by atoms with Gasteiger partial charge in [-0.25, -0.2) is 0 Å². The molecule has 0 fully saturated rings. The molecule has 3 nitrogen and oxygen atoms in total. The number of nitrogens with zero attached hydrogens (tertiary/aromatic N) is 1. The molecule has 0 unspecified atom stereocenters. The zero-order valence-corrected chi connectivity index (χ0v) is 34.3. The van der Waals surface area contributed by atoms with E-state index in [1.165, 1.54) is 38.0 Å². The molecule has 13 aromatic rings. The Bertz CT molecular complexity index is 4140. The van der Waals surface area contributed by atoms with Crippen molar-refractivity contribution in [3.05, 3.63) is 188 Å². The molecule has 12 aromatic carbocycles. The Balaban J connectivity index is 1.00. The largest absolute Gasteiger partial charge is 0.309 e. The van der Waals surface area contributed by atoms with Crippen LogP contribution in [0.5, 0.6) is 0 Å². The van der Waals surface area contributed by atoms with Gasteiger partial charge in [-0.15, -0.1) is 0 Å².